The number of fused-ring (bicyclic) bond motifs is 1. The van der Waals surface area contributed by atoms with Gasteiger partial charge in [-0.3, -0.25) is 14.8 Å². The molecule has 0 spiro atoms. The molecule has 1 aromatic carbocycles. The summed E-state index contributed by atoms with van der Waals surface area (Å²) in [7, 11) is 0. The largest absolute Gasteiger partial charge is 0.505 e. The van der Waals surface area contributed by atoms with Gasteiger partial charge in [0.25, 0.3) is 0 Å². The van der Waals surface area contributed by atoms with Crippen molar-refractivity contribution in [2.45, 2.75) is 32.0 Å². The molecule has 0 saturated heterocycles. The van der Waals surface area contributed by atoms with E-state index in [4.69, 9.17) is 0 Å². The molecule has 3 rings (SSSR count). The van der Waals surface area contributed by atoms with E-state index in [2.05, 4.69) is 15.3 Å². The van der Waals surface area contributed by atoms with Gasteiger partial charge in [-0.1, -0.05) is 19.1 Å². The molecule has 2 N–H and O–H groups in total. The maximum Gasteiger partial charge on any atom is 0.417 e. The van der Waals surface area contributed by atoms with Gasteiger partial charge in [0.2, 0.25) is 5.91 Å². The van der Waals surface area contributed by atoms with Crippen molar-refractivity contribution in [1.82, 2.24) is 15.3 Å². The number of carbonyl (C=O) groups is 1. The van der Waals surface area contributed by atoms with Gasteiger partial charge in [-0.05, 0) is 30.2 Å². The molecule has 146 valence electrons. The fraction of sp³-hybridized carbons (Fsp3) is 0.250. The van der Waals surface area contributed by atoms with E-state index in [9.17, 15) is 23.1 Å². The van der Waals surface area contributed by atoms with E-state index >= 15 is 0 Å². The number of benzene rings is 1. The number of hydrogen-bond acceptors (Lipinski definition) is 4. The van der Waals surface area contributed by atoms with Crippen LogP contribution in [0.2, 0.25) is 0 Å². The molecule has 0 radical (unpaired) electrons. The predicted molar refractivity (Wildman–Crippen MR) is 97.5 cm³/mol. The van der Waals surface area contributed by atoms with Crippen LogP contribution >= 0.6 is 0 Å². The summed E-state index contributed by atoms with van der Waals surface area (Å²) in [6, 6.07) is 5.72. The van der Waals surface area contributed by atoms with Crippen molar-refractivity contribution in [3.63, 3.8) is 0 Å². The molecule has 0 aliphatic heterocycles. The summed E-state index contributed by atoms with van der Waals surface area (Å²) in [4.78, 5) is 20.1. The summed E-state index contributed by atoms with van der Waals surface area (Å²) in [5.41, 5.74) is -0.741. The smallest absolute Gasteiger partial charge is 0.417 e. The minimum atomic E-state index is -4.66. The molecule has 5 nitrogen and oxygen atoms in total. The van der Waals surface area contributed by atoms with Gasteiger partial charge in [0.05, 0.1) is 11.6 Å². The number of pyridine rings is 2. The summed E-state index contributed by atoms with van der Waals surface area (Å²) >= 11 is 0. The number of amides is 1. The Kier molecular flexibility index (Phi) is 5.48. The molecule has 0 saturated carbocycles. The Morgan fingerprint density at radius 1 is 1.25 bits per heavy atom. The molecule has 2 heterocycles. The first-order chi connectivity index (χ1) is 13.3. The SMILES string of the molecule is CCCC(=O)NC(c1cccnc1)c1cc(C(F)(F)F)c2cccnc2c1O. The number of aromatic nitrogens is 2. The van der Waals surface area contributed by atoms with Gasteiger partial charge < -0.3 is 10.4 Å². The lowest BCUT2D eigenvalue weighted by Crippen LogP contribution is -2.29. The van der Waals surface area contributed by atoms with Crippen LogP contribution in [0.5, 0.6) is 5.75 Å². The second kappa shape index (κ2) is 7.84. The van der Waals surface area contributed by atoms with Crippen molar-refractivity contribution in [3.8, 4) is 5.75 Å². The fourth-order valence-electron chi connectivity index (χ4n) is 3.05. The highest BCUT2D eigenvalue weighted by atomic mass is 19.4. The van der Waals surface area contributed by atoms with Crippen LogP contribution in [0.3, 0.4) is 0 Å². The second-order valence-corrected chi connectivity index (χ2v) is 6.30. The van der Waals surface area contributed by atoms with Crippen LogP contribution in [-0.2, 0) is 11.0 Å². The van der Waals surface area contributed by atoms with Crippen LogP contribution < -0.4 is 5.32 Å². The molecule has 0 aliphatic carbocycles. The summed E-state index contributed by atoms with van der Waals surface area (Å²) in [5, 5.41) is 13.2. The molecule has 3 aromatic rings. The van der Waals surface area contributed by atoms with E-state index in [1.165, 1.54) is 30.7 Å². The van der Waals surface area contributed by atoms with E-state index in [1.54, 1.807) is 12.1 Å². The average Bonchev–Trinajstić information content (AvgIpc) is 2.67. The fourth-order valence-corrected chi connectivity index (χ4v) is 3.05. The number of nitrogens with one attached hydrogen (secondary N) is 1. The predicted octanol–water partition coefficient (Wildman–Crippen LogP) is 4.36. The first-order valence-corrected chi connectivity index (χ1v) is 8.70. The molecular weight excluding hydrogens is 371 g/mol. The zero-order chi connectivity index (χ0) is 20.3. The van der Waals surface area contributed by atoms with Crippen molar-refractivity contribution < 1.29 is 23.1 Å². The third-order valence-corrected chi connectivity index (χ3v) is 4.31. The van der Waals surface area contributed by atoms with Crippen LogP contribution in [-0.4, -0.2) is 21.0 Å². The molecule has 8 heteroatoms. The van der Waals surface area contributed by atoms with Crippen molar-refractivity contribution in [2.24, 2.45) is 0 Å². The minimum Gasteiger partial charge on any atom is -0.505 e. The van der Waals surface area contributed by atoms with Crippen LogP contribution in [0.15, 0.2) is 48.9 Å². The topological polar surface area (TPSA) is 75.1 Å². The molecule has 28 heavy (non-hydrogen) atoms. The van der Waals surface area contributed by atoms with E-state index in [0.29, 0.717) is 12.0 Å². The Balaban J connectivity index is 2.24. The van der Waals surface area contributed by atoms with Crippen LogP contribution in [0.25, 0.3) is 10.9 Å². The number of carbonyl (C=O) groups excluding carboxylic acids is 1. The van der Waals surface area contributed by atoms with Gasteiger partial charge in [-0.15, -0.1) is 0 Å². The molecular formula is C20H18F3N3O2. The lowest BCUT2D eigenvalue weighted by molar-refractivity contribution is -0.136. The zero-order valence-electron chi connectivity index (χ0n) is 15.0. The van der Waals surface area contributed by atoms with E-state index < -0.39 is 23.5 Å². The van der Waals surface area contributed by atoms with Gasteiger partial charge in [0, 0.05) is 36.0 Å². The quantitative estimate of drug-likeness (QED) is 0.680. The number of aromatic hydroxyl groups is 1. The van der Waals surface area contributed by atoms with Crippen LogP contribution in [0.1, 0.15) is 42.5 Å². The molecule has 0 aliphatic rings. The number of halogens is 3. The Bertz CT molecular complexity index is 991. The Morgan fingerprint density at radius 3 is 2.64 bits per heavy atom. The van der Waals surface area contributed by atoms with Gasteiger partial charge in [-0.25, -0.2) is 0 Å². The first-order valence-electron chi connectivity index (χ1n) is 8.70. The zero-order valence-corrected chi connectivity index (χ0v) is 15.0. The number of nitrogens with zero attached hydrogens (tertiary/aromatic N) is 2. The summed E-state index contributed by atoms with van der Waals surface area (Å²) in [6.45, 7) is 1.82. The highest BCUT2D eigenvalue weighted by Gasteiger charge is 2.35. The van der Waals surface area contributed by atoms with Crippen molar-refractivity contribution in [3.05, 3.63) is 65.6 Å². The second-order valence-electron chi connectivity index (χ2n) is 6.30. The van der Waals surface area contributed by atoms with Gasteiger partial charge >= 0.3 is 6.18 Å². The van der Waals surface area contributed by atoms with E-state index in [-0.39, 0.29) is 28.8 Å². The maximum atomic E-state index is 13.7. The number of hydrogen-bond donors (Lipinski definition) is 2. The third-order valence-electron chi connectivity index (χ3n) is 4.31. The lowest BCUT2D eigenvalue weighted by Gasteiger charge is -2.23. The number of alkyl halides is 3. The third kappa shape index (κ3) is 3.90. The van der Waals surface area contributed by atoms with Crippen LogP contribution in [0.4, 0.5) is 13.2 Å². The highest BCUT2D eigenvalue weighted by molar-refractivity contribution is 5.89. The van der Waals surface area contributed by atoms with Crippen molar-refractivity contribution in [1.29, 1.82) is 0 Å². The highest BCUT2D eigenvalue weighted by Crippen LogP contribution is 2.42. The van der Waals surface area contributed by atoms with Gasteiger partial charge in [0.1, 0.15) is 11.3 Å². The Morgan fingerprint density at radius 2 is 2.00 bits per heavy atom. The number of phenols is 1. The van der Waals surface area contributed by atoms with Crippen molar-refractivity contribution in [2.75, 3.05) is 0 Å². The Hall–Kier alpha value is -3.16. The molecule has 1 amide bonds. The van der Waals surface area contributed by atoms with E-state index in [1.807, 2.05) is 6.92 Å². The minimum absolute atomic E-state index is 0.0871. The van der Waals surface area contributed by atoms with Gasteiger partial charge in [0.15, 0.2) is 0 Å². The summed E-state index contributed by atoms with van der Waals surface area (Å²) in [5.74, 6) is -0.750. The van der Waals surface area contributed by atoms with Crippen molar-refractivity contribution >= 4 is 16.8 Å². The normalized spacial score (nSPS) is 12.7. The average molecular weight is 389 g/mol. The van der Waals surface area contributed by atoms with E-state index in [0.717, 1.165) is 6.07 Å². The summed E-state index contributed by atoms with van der Waals surface area (Å²) in [6.07, 6.45) is 0.376. The number of phenolic OH excluding ortho intramolecular Hbond substituents is 1. The molecule has 1 unspecified atom stereocenters. The lowest BCUT2D eigenvalue weighted by atomic mass is 9.94. The first kappa shape index (κ1) is 19.6. The maximum absolute atomic E-state index is 13.7. The monoisotopic (exact) mass is 389 g/mol. The molecule has 1 atom stereocenters. The Labute approximate surface area is 159 Å². The molecule has 2 aromatic heterocycles. The molecule has 0 fully saturated rings. The van der Waals surface area contributed by atoms with Crippen LogP contribution in [0, 0.1) is 0 Å². The molecule has 0 bridgehead atoms. The van der Waals surface area contributed by atoms with Gasteiger partial charge in [-0.2, -0.15) is 13.2 Å². The number of rotatable bonds is 5. The summed E-state index contributed by atoms with van der Waals surface area (Å²) < 4.78 is 41.0. The standard InChI is InChI=1S/C20H18F3N3O2/c1-2-5-16(27)26-17(12-6-3-8-24-11-12)14-10-15(20(21,22)23)13-7-4-9-25-18(13)19(14)28/h3-4,6-11,17,28H,2,5H2,1H3,(H,26,27).